The van der Waals surface area contributed by atoms with E-state index < -0.39 is 7.60 Å². The first kappa shape index (κ1) is 11.3. The number of rotatable bonds is 4. The smallest absolute Gasteiger partial charge is 0.376 e. The maximum Gasteiger partial charge on any atom is 0.376 e. The molecule has 0 aliphatic heterocycles. The lowest BCUT2D eigenvalue weighted by Crippen LogP contribution is -2.03. The Kier molecular flexibility index (Phi) is 3.73. The molecule has 0 amide bonds. The van der Waals surface area contributed by atoms with Crippen LogP contribution in [-0.2, 0) is 9.09 Å². The molecule has 1 rings (SSSR count). The average molecular weight is 214 g/mol. The minimum absolute atomic E-state index is 0.102. The van der Waals surface area contributed by atoms with E-state index in [1.165, 1.54) is 6.66 Å². The van der Waals surface area contributed by atoms with Crippen LogP contribution < -0.4 is 4.52 Å². The maximum absolute atomic E-state index is 11.7. The summed E-state index contributed by atoms with van der Waals surface area (Å²) < 4.78 is 22.2. The second-order valence-corrected chi connectivity index (χ2v) is 5.27. The fourth-order valence-corrected chi connectivity index (χ4v) is 2.39. The van der Waals surface area contributed by atoms with Crippen LogP contribution in [0.2, 0.25) is 0 Å². The van der Waals surface area contributed by atoms with Crippen LogP contribution in [0.1, 0.15) is 13.8 Å². The molecule has 0 aliphatic carbocycles. The van der Waals surface area contributed by atoms with Gasteiger partial charge < -0.3 is 4.52 Å². The molecule has 0 aromatic heterocycles. The molecular formula is C10H15O3P. The molecule has 1 unspecified atom stereocenters. The average Bonchev–Trinajstić information content (AvgIpc) is 2.02. The van der Waals surface area contributed by atoms with E-state index in [4.69, 9.17) is 9.05 Å². The molecule has 0 saturated carbocycles. The van der Waals surface area contributed by atoms with Crippen LogP contribution in [0.5, 0.6) is 5.75 Å². The first-order chi connectivity index (χ1) is 6.49. The van der Waals surface area contributed by atoms with E-state index in [0.29, 0.717) is 5.75 Å². The van der Waals surface area contributed by atoms with Crippen LogP contribution in [0.3, 0.4) is 0 Å². The summed E-state index contributed by atoms with van der Waals surface area (Å²) in [5.74, 6) is 0.569. The zero-order chi connectivity index (χ0) is 10.6. The molecule has 0 spiro atoms. The predicted octanol–water partition coefficient (Wildman–Crippen LogP) is 3.31. The highest BCUT2D eigenvalue weighted by Gasteiger charge is 2.19. The Balaban J connectivity index is 2.64. The van der Waals surface area contributed by atoms with Gasteiger partial charge in [0.05, 0.1) is 6.10 Å². The molecule has 0 fully saturated rings. The van der Waals surface area contributed by atoms with Gasteiger partial charge in [-0.2, -0.15) is 0 Å². The van der Waals surface area contributed by atoms with Crippen molar-refractivity contribution in [2.24, 2.45) is 0 Å². The lowest BCUT2D eigenvalue weighted by molar-refractivity contribution is 0.213. The SMILES string of the molecule is CC(C)OP(C)(=O)Oc1ccccc1. The van der Waals surface area contributed by atoms with Crippen LogP contribution >= 0.6 is 7.60 Å². The fraction of sp³-hybridized carbons (Fsp3) is 0.400. The lowest BCUT2D eigenvalue weighted by atomic mass is 10.3. The van der Waals surface area contributed by atoms with Crippen LogP contribution in [0, 0.1) is 0 Å². The molecule has 78 valence electrons. The Morgan fingerprint density at radius 2 is 1.79 bits per heavy atom. The van der Waals surface area contributed by atoms with Gasteiger partial charge in [-0.05, 0) is 26.0 Å². The Hall–Kier alpha value is -0.790. The highest BCUT2D eigenvalue weighted by molar-refractivity contribution is 7.53. The van der Waals surface area contributed by atoms with Crippen molar-refractivity contribution in [2.45, 2.75) is 20.0 Å². The molecule has 0 N–H and O–H groups in total. The Bertz CT molecular complexity index is 321. The first-order valence-electron chi connectivity index (χ1n) is 4.50. The Morgan fingerprint density at radius 1 is 1.21 bits per heavy atom. The second-order valence-electron chi connectivity index (χ2n) is 3.33. The van der Waals surface area contributed by atoms with E-state index >= 15 is 0 Å². The van der Waals surface area contributed by atoms with Gasteiger partial charge in [-0.25, -0.2) is 4.57 Å². The minimum Gasteiger partial charge on any atom is -0.425 e. The molecule has 1 atom stereocenters. The summed E-state index contributed by atoms with van der Waals surface area (Å²) in [5, 5.41) is 0. The summed E-state index contributed by atoms with van der Waals surface area (Å²) in [7, 11) is -2.97. The molecule has 0 bridgehead atoms. The van der Waals surface area contributed by atoms with Gasteiger partial charge in [0.15, 0.2) is 0 Å². The van der Waals surface area contributed by atoms with Crippen molar-refractivity contribution in [3.8, 4) is 5.75 Å². The van der Waals surface area contributed by atoms with Gasteiger partial charge in [0, 0.05) is 6.66 Å². The number of hydrogen-bond acceptors (Lipinski definition) is 3. The van der Waals surface area contributed by atoms with E-state index in [1.54, 1.807) is 12.1 Å². The van der Waals surface area contributed by atoms with E-state index in [9.17, 15) is 4.57 Å². The van der Waals surface area contributed by atoms with Gasteiger partial charge in [0.2, 0.25) is 0 Å². The van der Waals surface area contributed by atoms with Crippen molar-refractivity contribution in [3.05, 3.63) is 30.3 Å². The van der Waals surface area contributed by atoms with Gasteiger partial charge in [-0.15, -0.1) is 0 Å². The van der Waals surface area contributed by atoms with Crippen LogP contribution in [0.15, 0.2) is 30.3 Å². The van der Waals surface area contributed by atoms with Gasteiger partial charge >= 0.3 is 7.60 Å². The summed E-state index contributed by atoms with van der Waals surface area (Å²) in [4.78, 5) is 0. The third-order valence-electron chi connectivity index (χ3n) is 1.42. The molecule has 0 radical (unpaired) electrons. The van der Waals surface area contributed by atoms with Crippen molar-refractivity contribution in [2.75, 3.05) is 6.66 Å². The lowest BCUT2D eigenvalue weighted by Gasteiger charge is -2.17. The number of benzene rings is 1. The van der Waals surface area contributed by atoms with Gasteiger partial charge in [-0.3, -0.25) is 4.52 Å². The van der Waals surface area contributed by atoms with Crippen molar-refractivity contribution >= 4 is 7.60 Å². The highest BCUT2D eigenvalue weighted by atomic mass is 31.2. The van der Waals surface area contributed by atoms with E-state index in [2.05, 4.69) is 0 Å². The number of para-hydroxylation sites is 1. The normalized spacial score (nSPS) is 15.1. The summed E-state index contributed by atoms with van der Waals surface area (Å²) in [5.41, 5.74) is 0. The van der Waals surface area contributed by atoms with Crippen LogP contribution in [0.4, 0.5) is 0 Å². The molecule has 1 aromatic rings. The molecule has 0 saturated heterocycles. The summed E-state index contributed by atoms with van der Waals surface area (Å²) in [6.07, 6.45) is -0.102. The molecule has 3 nitrogen and oxygen atoms in total. The fourth-order valence-electron chi connectivity index (χ4n) is 1.08. The Morgan fingerprint density at radius 3 is 2.29 bits per heavy atom. The molecule has 0 aliphatic rings. The molecule has 14 heavy (non-hydrogen) atoms. The maximum atomic E-state index is 11.7. The van der Waals surface area contributed by atoms with E-state index in [1.807, 2.05) is 32.0 Å². The van der Waals surface area contributed by atoms with Gasteiger partial charge in [0.1, 0.15) is 5.75 Å². The summed E-state index contributed by atoms with van der Waals surface area (Å²) in [6.45, 7) is 5.12. The predicted molar refractivity (Wildman–Crippen MR) is 56.8 cm³/mol. The molecule has 1 aromatic carbocycles. The summed E-state index contributed by atoms with van der Waals surface area (Å²) in [6, 6.07) is 9.02. The molecule has 0 heterocycles. The van der Waals surface area contributed by atoms with Crippen molar-refractivity contribution in [1.82, 2.24) is 0 Å². The molecular weight excluding hydrogens is 199 g/mol. The zero-order valence-electron chi connectivity index (χ0n) is 8.64. The Labute approximate surface area is 84.6 Å². The van der Waals surface area contributed by atoms with Gasteiger partial charge in [-0.1, -0.05) is 18.2 Å². The molecule has 4 heteroatoms. The second kappa shape index (κ2) is 4.63. The number of hydrogen-bond donors (Lipinski definition) is 0. The minimum atomic E-state index is -2.97. The highest BCUT2D eigenvalue weighted by Crippen LogP contribution is 2.45. The largest absolute Gasteiger partial charge is 0.425 e. The van der Waals surface area contributed by atoms with Crippen molar-refractivity contribution in [1.29, 1.82) is 0 Å². The van der Waals surface area contributed by atoms with Crippen LogP contribution in [-0.4, -0.2) is 12.8 Å². The van der Waals surface area contributed by atoms with Gasteiger partial charge in [0.25, 0.3) is 0 Å². The zero-order valence-corrected chi connectivity index (χ0v) is 9.53. The van der Waals surface area contributed by atoms with E-state index in [-0.39, 0.29) is 6.10 Å². The van der Waals surface area contributed by atoms with Crippen molar-refractivity contribution < 1.29 is 13.6 Å². The van der Waals surface area contributed by atoms with Crippen molar-refractivity contribution in [3.63, 3.8) is 0 Å². The third-order valence-corrected chi connectivity index (χ3v) is 2.76. The quantitative estimate of drug-likeness (QED) is 0.721. The summed E-state index contributed by atoms with van der Waals surface area (Å²) >= 11 is 0. The topological polar surface area (TPSA) is 35.5 Å². The van der Waals surface area contributed by atoms with E-state index in [0.717, 1.165) is 0 Å². The monoisotopic (exact) mass is 214 g/mol. The third kappa shape index (κ3) is 3.95. The standard InChI is InChI=1S/C10H15O3P/c1-9(2)12-14(3,11)13-10-7-5-4-6-8-10/h4-9H,1-3H3. The first-order valence-corrected chi connectivity index (χ1v) is 6.49. The van der Waals surface area contributed by atoms with Crippen LogP contribution in [0.25, 0.3) is 0 Å².